The SMILES string of the molecule is C=CC(=O)N1CCC2(CC1)CN(Cc1ccc(-c3nc4cccnn4c3-c3ccccc3)cc1)C2. The molecule has 6 rings (SSSR count). The monoisotopic (exact) mass is 463 g/mol. The van der Waals surface area contributed by atoms with Gasteiger partial charge in [0.05, 0.1) is 5.69 Å². The molecule has 2 fully saturated rings. The van der Waals surface area contributed by atoms with Crippen molar-refractivity contribution in [3.05, 3.63) is 91.1 Å². The van der Waals surface area contributed by atoms with Gasteiger partial charge in [0, 0.05) is 50.0 Å². The summed E-state index contributed by atoms with van der Waals surface area (Å²) >= 11 is 0. The van der Waals surface area contributed by atoms with Gasteiger partial charge in [-0.2, -0.15) is 5.10 Å². The maximum absolute atomic E-state index is 11.9. The molecule has 4 heterocycles. The highest BCUT2D eigenvalue weighted by atomic mass is 16.2. The lowest BCUT2D eigenvalue weighted by atomic mass is 9.72. The number of hydrogen-bond acceptors (Lipinski definition) is 4. The molecule has 0 atom stereocenters. The molecule has 2 saturated heterocycles. The smallest absolute Gasteiger partial charge is 0.245 e. The van der Waals surface area contributed by atoms with Crippen LogP contribution in [0, 0.1) is 5.41 Å². The zero-order chi connectivity index (χ0) is 23.8. The molecule has 2 aliphatic rings. The molecule has 0 unspecified atom stereocenters. The molecule has 4 aromatic rings. The van der Waals surface area contributed by atoms with Crippen molar-refractivity contribution in [2.75, 3.05) is 26.2 Å². The third-order valence-corrected chi connectivity index (χ3v) is 7.50. The van der Waals surface area contributed by atoms with Crippen molar-refractivity contribution in [2.45, 2.75) is 19.4 Å². The van der Waals surface area contributed by atoms with Crippen LogP contribution < -0.4 is 0 Å². The quantitative estimate of drug-likeness (QED) is 0.404. The summed E-state index contributed by atoms with van der Waals surface area (Å²) in [5, 5.41) is 4.56. The Morgan fingerprint density at radius 3 is 2.40 bits per heavy atom. The lowest BCUT2D eigenvalue weighted by molar-refractivity contribution is -0.131. The Morgan fingerprint density at radius 2 is 1.69 bits per heavy atom. The first kappa shape index (κ1) is 21.7. The maximum atomic E-state index is 11.9. The van der Waals surface area contributed by atoms with E-state index in [1.165, 1.54) is 11.6 Å². The number of carbonyl (C=O) groups excluding carboxylic acids is 1. The largest absolute Gasteiger partial charge is 0.339 e. The van der Waals surface area contributed by atoms with Gasteiger partial charge in [-0.3, -0.25) is 9.69 Å². The molecule has 0 saturated carbocycles. The molecular weight excluding hydrogens is 434 g/mol. The maximum Gasteiger partial charge on any atom is 0.245 e. The summed E-state index contributed by atoms with van der Waals surface area (Å²) in [7, 11) is 0. The van der Waals surface area contributed by atoms with Gasteiger partial charge in [-0.15, -0.1) is 0 Å². The van der Waals surface area contributed by atoms with E-state index in [4.69, 9.17) is 4.98 Å². The number of fused-ring (bicyclic) bond motifs is 1. The van der Waals surface area contributed by atoms with E-state index in [2.05, 4.69) is 53.0 Å². The highest BCUT2D eigenvalue weighted by Gasteiger charge is 2.44. The molecule has 1 spiro atoms. The van der Waals surface area contributed by atoms with Crippen molar-refractivity contribution in [2.24, 2.45) is 5.41 Å². The van der Waals surface area contributed by atoms with E-state index < -0.39 is 0 Å². The minimum absolute atomic E-state index is 0.0629. The van der Waals surface area contributed by atoms with E-state index in [9.17, 15) is 4.79 Å². The van der Waals surface area contributed by atoms with Gasteiger partial charge in [0.15, 0.2) is 5.65 Å². The normalized spacial score (nSPS) is 17.4. The summed E-state index contributed by atoms with van der Waals surface area (Å²) in [4.78, 5) is 21.2. The van der Waals surface area contributed by atoms with Crippen LogP contribution in [0.3, 0.4) is 0 Å². The molecule has 1 amide bonds. The van der Waals surface area contributed by atoms with Crippen LogP contribution in [0.15, 0.2) is 85.6 Å². The second-order valence-corrected chi connectivity index (χ2v) is 9.84. The van der Waals surface area contributed by atoms with Gasteiger partial charge in [0.2, 0.25) is 5.91 Å². The second-order valence-electron chi connectivity index (χ2n) is 9.84. The van der Waals surface area contributed by atoms with E-state index in [1.807, 2.05) is 39.7 Å². The second kappa shape index (κ2) is 8.78. The van der Waals surface area contributed by atoms with Gasteiger partial charge in [0.25, 0.3) is 0 Å². The minimum Gasteiger partial charge on any atom is -0.339 e. The number of hydrogen-bond donors (Lipinski definition) is 0. The van der Waals surface area contributed by atoms with Crippen LogP contribution in [0.4, 0.5) is 0 Å². The van der Waals surface area contributed by atoms with Gasteiger partial charge in [-0.1, -0.05) is 61.2 Å². The van der Waals surface area contributed by atoms with Gasteiger partial charge >= 0.3 is 0 Å². The first-order valence-corrected chi connectivity index (χ1v) is 12.3. The molecule has 2 aliphatic heterocycles. The number of amides is 1. The Hall–Kier alpha value is -3.77. The van der Waals surface area contributed by atoms with Crippen LogP contribution in [0.2, 0.25) is 0 Å². The fourth-order valence-electron chi connectivity index (χ4n) is 5.63. The molecule has 35 heavy (non-hydrogen) atoms. The summed E-state index contributed by atoms with van der Waals surface area (Å²) in [6, 6.07) is 23.0. The Bertz CT molecular complexity index is 1360. The lowest BCUT2D eigenvalue weighted by Gasteiger charge is -2.54. The Balaban J connectivity index is 1.16. The topological polar surface area (TPSA) is 53.7 Å². The molecule has 6 heteroatoms. The predicted molar refractivity (Wildman–Crippen MR) is 138 cm³/mol. The fraction of sp³-hybridized carbons (Fsp3) is 0.276. The van der Waals surface area contributed by atoms with Gasteiger partial charge in [-0.05, 0) is 42.0 Å². The first-order valence-electron chi connectivity index (χ1n) is 12.3. The van der Waals surface area contributed by atoms with Crippen LogP contribution in [-0.4, -0.2) is 56.5 Å². The summed E-state index contributed by atoms with van der Waals surface area (Å²) in [6.07, 6.45) is 5.41. The van der Waals surface area contributed by atoms with Crippen molar-refractivity contribution in [1.29, 1.82) is 0 Å². The predicted octanol–water partition coefficient (Wildman–Crippen LogP) is 4.67. The Kier molecular flexibility index (Phi) is 5.46. The molecule has 0 radical (unpaired) electrons. The van der Waals surface area contributed by atoms with Crippen molar-refractivity contribution in [3.8, 4) is 22.5 Å². The fourth-order valence-corrected chi connectivity index (χ4v) is 5.63. The van der Waals surface area contributed by atoms with Crippen molar-refractivity contribution >= 4 is 11.6 Å². The van der Waals surface area contributed by atoms with Crippen LogP contribution in [0.25, 0.3) is 28.2 Å². The molecule has 0 bridgehead atoms. The van der Waals surface area contributed by atoms with E-state index in [1.54, 1.807) is 6.20 Å². The first-order chi connectivity index (χ1) is 17.1. The standard InChI is InChI=1S/C29H29N5O/c1-2-26(35)33-17-14-29(15-18-33)20-32(21-29)19-22-10-12-23(13-11-22)27-28(24-7-4-3-5-8-24)34-25(31-27)9-6-16-30-34/h2-13,16H,1,14-15,17-21H2. The van der Waals surface area contributed by atoms with E-state index in [0.29, 0.717) is 5.41 Å². The van der Waals surface area contributed by atoms with E-state index in [0.717, 1.165) is 73.7 Å². The average Bonchev–Trinajstić information content (AvgIpc) is 3.28. The van der Waals surface area contributed by atoms with E-state index in [-0.39, 0.29) is 5.91 Å². The van der Waals surface area contributed by atoms with Gasteiger partial charge < -0.3 is 4.90 Å². The molecule has 2 aromatic carbocycles. The highest BCUT2D eigenvalue weighted by molar-refractivity contribution is 5.87. The van der Waals surface area contributed by atoms with Crippen LogP contribution in [-0.2, 0) is 11.3 Å². The third kappa shape index (κ3) is 4.04. The number of carbonyl (C=O) groups is 1. The van der Waals surface area contributed by atoms with Gasteiger partial charge in [0.1, 0.15) is 5.69 Å². The summed E-state index contributed by atoms with van der Waals surface area (Å²) in [5.74, 6) is 0.0629. The molecular formula is C29H29N5O. The summed E-state index contributed by atoms with van der Waals surface area (Å²) in [5.41, 5.74) is 6.70. The zero-order valence-electron chi connectivity index (χ0n) is 19.8. The molecule has 0 N–H and O–H groups in total. The summed E-state index contributed by atoms with van der Waals surface area (Å²) < 4.78 is 1.92. The van der Waals surface area contributed by atoms with Crippen LogP contribution in [0.1, 0.15) is 18.4 Å². The number of rotatable bonds is 5. The molecule has 2 aromatic heterocycles. The summed E-state index contributed by atoms with van der Waals surface area (Å²) in [6.45, 7) is 8.50. The van der Waals surface area contributed by atoms with Crippen molar-refractivity contribution < 1.29 is 4.79 Å². The number of imidazole rings is 1. The zero-order valence-corrected chi connectivity index (χ0v) is 19.8. The molecule has 176 valence electrons. The lowest BCUT2D eigenvalue weighted by Crippen LogP contribution is -2.60. The van der Waals surface area contributed by atoms with Crippen LogP contribution in [0.5, 0.6) is 0 Å². The van der Waals surface area contributed by atoms with Gasteiger partial charge in [-0.25, -0.2) is 9.50 Å². The Labute approximate surface area is 205 Å². The highest BCUT2D eigenvalue weighted by Crippen LogP contribution is 2.41. The third-order valence-electron chi connectivity index (χ3n) is 7.50. The minimum atomic E-state index is 0.0629. The molecule has 6 nitrogen and oxygen atoms in total. The molecule has 0 aliphatic carbocycles. The number of nitrogens with zero attached hydrogens (tertiary/aromatic N) is 5. The van der Waals surface area contributed by atoms with Crippen molar-refractivity contribution in [1.82, 2.24) is 24.4 Å². The number of aromatic nitrogens is 3. The number of piperidine rings is 1. The number of benzene rings is 2. The average molecular weight is 464 g/mol. The number of likely N-dealkylation sites (tertiary alicyclic amines) is 2. The van der Waals surface area contributed by atoms with E-state index >= 15 is 0 Å². The van der Waals surface area contributed by atoms with Crippen LogP contribution >= 0.6 is 0 Å². The Morgan fingerprint density at radius 1 is 0.943 bits per heavy atom. The van der Waals surface area contributed by atoms with Crippen molar-refractivity contribution in [3.63, 3.8) is 0 Å².